The van der Waals surface area contributed by atoms with Crippen LogP contribution in [0.2, 0.25) is 5.02 Å². The summed E-state index contributed by atoms with van der Waals surface area (Å²) in [5, 5.41) is -0.0103. The average Bonchev–Trinajstić information content (AvgIpc) is 3.13. The molecule has 4 nitrogen and oxygen atoms in total. The van der Waals surface area contributed by atoms with Crippen LogP contribution in [0.4, 0.5) is 4.39 Å². The van der Waals surface area contributed by atoms with Crippen molar-refractivity contribution in [3.63, 3.8) is 0 Å². The molecule has 0 heterocycles. The average molecular weight is 329 g/mol. The van der Waals surface area contributed by atoms with Gasteiger partial charge in [0.1, 0.15) is 10.7 Å². The highest BCUT2D eigenvalue weighted by Gasteiger charge is 2.29. The fourth-order valence-corrected chi connectivity index (χ4v) is 3.24. The molecule has 1 aliphatic carbocycles. The molecule has 0 aromatic heterocycles. The Kier molecular flexibility index (Phi) is 5.58. The monoisotopic (exact) mass is 328 g/mol. The number of hydrogen-bond donors (Lipinski definition) is 2. The molecule has 0 radical (unpaired) electrons. The Morgan fingerprint density at radius 1 is 1.47 bits per heavy atom. The van der Waals surface area contributed by atoms with Gasteiger partial charge < -0.3 is 5.73 Å². The van der Waals surface area contributed by atoms with Gasteiger partial charge in [-0.2, -0.15) is 0 Å². The molecule has 0 aliphatic heterocycles. The second-order valence-electron chi connectivity index (χ2n) is 4.43. The molecule has 0 amide bonds. The van der Waals surface area contributed by atoms with Crippen LogP contribution in [0.1, 0.15) is 12.8 Å². The standard InChI is InChI=1S/C11H14ClFN2O2S.ClH/c12-9-4-3-8(13)5-11(9)18(16,17)15-6-10(14)7-1-2-7;/h3-5,7,10,15H,1-2,6,14H2;1H. The molecule has 1 aliphatic rings. The van der Waals surface area contributed by atoms with E-state index in [0.717, 1.165) is 25.0 Å². The zero-order valence-electron chi connectivity index (χ0n) is 9.97. The summed E-state index contributed by atoms with van der Waals surface area (Å²) >= 11 is 5.75. The highest BCUT2D eigenvalue weighted by Crippen LogP contribution is 2.31. The molecule has 1 fully saturated rings. The molecule has 108 valence electrons. The largest absolute Gasteiger partial charge is 0.326 e. The summed E-state index contributed by atoms with van der Waals surface area (Å²) in [7, 11) is -3.82. The van der Waals surface area contributed by atoms with Crippen LogP contribution < -0.4 is 10.5 Å². The first-order valence-electron chi connectivity index (χ1n) is 5.60. The van der Waals surface area contributed by atoms with Gasteiger partial charge in [0, 0.05) is 12.6 Å². The second kappa shape index (κ2) is 6.37. The quantitative estimate of drug-likeness (QED) is 0.867. The number of sulfonamides is 1. The molecule has 1 saturated carbocycles. The van der Waals surface area contributed by atoms with Gasteiger partial charge >= 0.3 is 0 Å². The number of nitrogens with two attached hydrogens (primary N) is 1. The number of benzene rings is 1. The van der Waals surface area contributed by atoms with E-state index < -0.39 is 15.8 Å². The maximum Gasteiger partial charge on any atom is 0.242 e. The summed E-state index contributed by atoms with van der Waals surface area (Å²) in [5.41, 5.74) is 5.80. The van der Waals surface area contributed by atoms with Crippen LogP contribution in [-0.4, -0.2) is 21.0 Å². The SMILES string of the molecule is Cl.NC(CNS(=O)(=O)c1cc(F)ccc1Cl)C1CC1. The van der Waals surface area contributed by atoms with Crippen molar-refractivity contribution in [1.29, 1.82) is 0 Å². The first-order valence-corrected chi connectivity index (χ1v) is 7.46. The normalized spacial score (nSPS) is 16.8. The van der Waals surface area contributed by atoms with E-state index in [1.165, 1.54) is 6.07 Å². The molecule has 2 rings (SSSR count). The Morgan fingerprint density at radius 3 is 2.68 bits per heavy atom. The molecule has 1 aromatic rings. The van der Waals surface area contributed by atoms with Gasteiger partial charge in [0.25, 0.3) is 0 Å². The van der Waals surface area contributed by atoms with Crippen LogP contribution in [0.3, 0.4) is 0 Å². The fraction of sp³-hybridized carbons (Fsp3) is 0.455. The van der Waals surface area contributed by atoms with Crippen LogP contribution in [0.15, 0.2) is 23.1 Å². The van der Waals surface area contributed by atoms with Gasteiger partial charge in [-0.25, -0.2) is 17.5 Å². The lowest BCUT2D eigenvalue weighted by Crippen LogP contribution is -2.38. The van der Waals surface area contributed by atoms with Crippen molar-refractivity contribution >= 4 is 34.0 Å². The number of halogens is 3. The first-order chi connectivity index (χ1) is 8.40. The third-order valence-corrected chi connectivity index (χ3v) is 4.82. The zero-order chi connectivity index (χ0) is 13.3. The molecule has 1 unspecified atom stereocenters. The topological polar surface area (TPSA) is 72.2 Å². The van der Waals surface area contributed by atoms with E-state index in [1.807, 2.05) is 0 Å². The van der Waals surface area contributed by atoms with E-state index in [2.05, 4.69) is 4.72 Å². The number of nitrogens with one attached hydrogen (secondary N) is 1. The summed E-state index contributed by atoms with van der Waals surface area (Å²) in [6.07, 6.45) is 2.06. The minimum absolute atomic E-state index is 0. The van der Waals surface area contributed by atoms with Crippen LogP contribution >= 0.6 is 24.0 Å². The van der Waals surface area contributed by atoms with Crippen molar-refractivity contribution < 1.29 is 12.8 Å². The Hall–Kier alpha value is -0.400. The van der Waals surface area contributed by atoms with Crippen molar-refractivity contribution in [2.75, 3.05) is 6.54 Å². The third-order valence-electron chi connectivity index (χ3n) is 2.92. The minimum atomic E-state index is -3.82. The molecule has 19 heavy (non-hydrogen) atoms. The Labute approximate surface area is 123 Å². The van der Waals surface area contributed by atoms with Gasteiger partial charge in [0.05, 0.1) is 5.02 Å². The number of rotatable bonds is 5. The lowest BCUT2D eigenvalue weighted by Gasteiger charge is -2.12. The van der Waals surface area contributed by atoms with Crippen molar-refractivity contribution in [3.8, 4) is 0 Å². The molecular formula is C11H15Cl2FN2O2S. The lowest BCUT2D eigenvalue weighted by molar-refractivity contribution is 0.546. The van der Waals surface area contributed by atoms with Crippen molar-refractivity contribution in [2.45, 2.75) is 23.8 Å². The van der Waals surface area contributed by atoms with Gasteiger partial charge in [-0.1, -0.05) is 11.6 Å². The van der Waals surface area contributed by atoms with E-state index in [9.17, 15) is 12.8 Å². The Bertz CT molecular complexity index is 550. The molecule has 1 atom stereocenters. The maximum atomic E-state index is 13.0. The van der Waals surface area contributed by atoms with E-state index in [0.29, 0.717) is 5.92 Å². The van der Waals surface area contributed by atoms with Gasteiger partial charge in [-0.05, 0) is 37.0 Å². The van der Waals surface area contributed by atoms with Crippen molar-refractivity contribution in [1.82, 2.24) is 4.72 Å². The zero-order valence-corrected chi connectivity index (χ0v) is 12.4. The minimum Gasteiger partial charge on any atom is -0.326 e. The lowest BCUT2D eigenvalue weighted by atomic mass is 10.2. The summed E-state index contributed by atoms with van der Waals surface area (Å²) in [6.45, 7) is 0.139. The smallest absolute Gasteiger partial charge is 0.242 e. The van der Waals surface area contributed by atoms with E-state index >= 15 is 0 Å². The van der Waals surface area contributed by atoms with E-state index in [4.69, 9.17) is 17.3 Å². The molecular weight excluding hydrogens is 314 g/mol. The second-order valence-corrected chi connectivity index (χ2v) is 6.57. The Balaban J connectivity index is 0.00000180. The van der Waals surface area contributed by atoms with Crippen LogP contribution in [0.25, 0.3) is 0 Å². The summed E-state index contributed by atoms with van der Waals surface area (Å²) in [5.74, 6) is -0.262. The van der Waals surface area contributed by atoms with Crippen molar-refractivity contribution in [3.05, 3.63) is 29.0 Å². The van der Waals surface area contributed by atoms with Crippen LogP contribution in [-0.2, 0) is 10.0 Å². The van der Waals surface area contributed by atoms with Gasteiger partial charge in [-0.3, -0.25) is 0 Å². The maximum absolute atomic E-state index is 13.0. The highest BCUT2D eigenvalue weighted by molar-refractivity contribution is 7.89. The van der Waals surface area contributed by atoms with Gasteiger partial charge in [-0.15, -0.1) is 12.4 Å². The summed E-state index contributed by atoms with van der Waals surface area (Å²) < 4.78 is 39.3. The Morgan fingerprint density at radius 2 is 2.11 bits per heavy atom. The molecule has 1 aromatic carbocycles. The third kappa shape index (κ3) is 4.29. The van der Waals surface area contributed by atoms with Crippen LogP contribution in [0, 0.1) is 11.7 Å². The number of hydrogen-bond acceptors (Lipinski definition) is 3. The molecule has 0 spiro atoms. The molecule has 0 bridgehead atoms. The van der Waals surface area contributed by atoms with Gasteiger partial charge in [0.15, 0.2) is 0 Å². The van der Waals surface area contributed by atoms with Crippen LogP contribution in [0.5, 0.6) is 0 Å². The summed E-state index contributed by atoms with van der Waals surface area (Å²) in [4.78, 5) is -0.257. The predicted molar refractivity (Wildman–Crippen MR) is 74.5 cm³/mol. The predicted octanol–water partition coefficient (Wildman–Crippen LogP) is 1.92. The molecule has 0 saturated heterocycles. The van der Waals surface area contributed by atoms with Gasteiger partial charge in [0.2, 0.25) is 10.0 Å². The molecule has 8 heteroatoms. The molecule has 3 N–H and O–H groups in total. The highest BCUT2D eigenvalue weighted by atomic mass is 35.5. The summed E-state index contributed by atoms with van der Waals surface area (Å²) in [6, 6.07) is 3.02. The van der Waals surface area contributed by atoms with Crippen molar-refractivity contribution in [2.24, 2.45) is 11.7 Å². The first kappa shape index (κ1) is 16.7. The van der Waals surface area contributed by atoms with E-state index in [1.54, 1.807) is 0 Å². The van der Waals surface area contributed by atoms with E-state index in [-0.39, 0.29) is 34.9 Å². The fourth-order valence-electron chi connectivity index (χ4n) is 1.66.